The third kappa shape index (κ3) is 8.31. The van der Waals surface area contributed by atoms with Gasteiger partial charge in [-0.2, -0.15) is 0 Å². The van der Waals surface area contributed by atoms with Gasteiger partial charge in [0.05, 0.1) is 19.5 Å². The van der Waals surface area contributed by atoms with E-state index in [4.69, 9.17) is 14.2 Å². The fraction of sp³-hybridized carbons (Fsp3) is 0.448. The van der Waals surface area contributed by atoms with Gasteiger partial charge in [-0.15, -0.1) is 0 Å². The minimum absolute atomic E-state index is 0.0187. The average molecular weight is 523 g/mol. The molecule has 1 fully saturated rings. The van der Waals surface area contributed by atoms with Crippen molar-refractivity contribution in [2.45, 2.75) is 32.0 Å². The number of carbonyl (C=O) groups excluding carboxylic acids is 1. The van der Waals surface area contributed by atoms with Crippen molar-refractivity contribution >= 4 is 5.91 Å². The highest BCUT2D eigenvalue weighted by molar-refractivity contribution is 5.77. The molecule has 1 saturated heterocycles. The summed E-state index contributed by atoms with van der Waals surface area (Å²) in [4.78, 5) is 20.6. The Morgan fingerprint density at radius 1 is 1.08 bits per heavy atom. The summed E-state index contributed by atoms with van der Waals surface area (Å²) in [5, 5.41) is 11.6. The van der Waals surface area contributed by atoms with Crippen LogP contribution in [0.2, 0.25) is 0 Å². The van der Waals surface area contributed by atoms with Gasteiger partial charge in [0.2, 0.25) is 5.91 Å². The van der Waals surface area contributed by atoms with E-state index >= 15 is 0 Å². The number of aliphatic hydroxyl groups is 1. The normalized spacial score (nSPS) is 18.2. The van der Waals surface area contributed by atoms with E-state index in [1.165, 1.54) is 7.11 Å². The Labute approximate surface area is 224 Å². The molecule has 1 atom stereocenters. The number of β-amino-alcohol motifs (C(OH)–C–C–N with tert-alkyl or cyclic N) is 1. The molecule has 0 radical (unpaired) electrons. The monoisotopic (exact) mass is 522 g/mol. The molecule has 0 unspecified atom stereocenters. The second kappa shape index (κ2) is 13.4. The molecule has 0 saturated carbocycles. The number of carbonyl (C=O) groups is 1. The Bertz CT molecular complexity index is 1140. The highest BCUT2D eigenvalue weighted by atomic mass is 16.5. The molecule has 204 valence electrons. The van der Waals surface area contributed by atoms with Gasteiger partial charge < -0.3 is 28.8 Å². The summed E-state index contributed by atoms with van der Waals surface area (Å²) in [7, 11) is 1.50. The van der Waals surface area contributed by atoms with E-state index in [-0.39, 0.29) is 25.7 Å². The number of amides is 1. The van der Waals surface area contributed by atoms with Gasteiger partial charge in [0.25, 0.3) is 0 Å². The zero-order chi connectivity index (χ0) is 26.8. The zero-order valence-electron chi connectivity index (χ0n) is 22.3. The Morgan fingerprint density at radius 2 is 1.92 bits per heavy atom. The molecule has 1 aromatic heterocycles. The van der Waals surface area contributed by atoms with E-state index in [2.05, 4.69) is 16.0 Å². The second-order valence-electron chi connectivity index (χ2n) is 9.93. The third-order valence-electron chi connectivity index (χ3n) is 6.53. The van der Waals surface area contributed by atoms with E-state index < -0.39 is 5.60 Å². The molecule has 0 bridgehead atoms. The second-order valence-corrected chi connectivity index (χ2v) is 9.93. The number of nitrogens with zero attached hydrogens (tertiary/aromatic N) is 4. The molecule has 9 heteroatoms. The summed E-state index contributed by atoms with van der Waals surface area (Å²) in [6.07, 6.45) is 6.40. The van der Waals surface area contributed by atoms with Crippen LogP contribution in [0.15, 0.2) is 67.3 Å². The van der Waals surface area contributed by atoms with Gasteiger partial charge in [0.15, 0.2) is 0 Å². The molecule has 1 N–H and O–H groups in total. The summed E-state index contributed by atoms with van der Waals surface area (Å²) in [6, 6.07) is 15.8. The molecule has 1 aliphatic heterocycles. The minimum atomic E-state index is -1.24. The molecular weight excluding hydrogens is 484 g/mol. The van der Waals surface area contributed by atoms with Gasteiger partial charge in [-0.1, -0.05) is 29.8 Å². The first-order valence-electron chi connectivity index (χ1n) is 13.0. The number of hydrogen-bond donors (Lipinski definition) is 1. The predicted octanol–water partition coefficient (Wildman–Crippen LogP) is 2.76. The van der Waals surface area contributed by atoms with Crippen LogP contribution in [0.5, 0.6) is 11.5 Å². The largest absolute Gasteiger partial charge is 0.494 e. The number of imidazole rings is 1. The Balaban J connectivity index is 1.38. The average Bonchev–Trinajstić information content (AvgIpc) is 3.37. The zero-order valence-corrected chi connectivity index (χ0v) is 22.3. The number of aromatic nitrogens is 2. The van der Waals surface area contributed by atoms with Crippen LogP contribution in [0, 0.1) is 6.92 Å². The maximum atomic E-state index is 12.7. The van der Waals surface area contributed by atoms with Crippen molar-refractivity contribution in [1.29, 1.82) is 0 Å². The smallest absolute Gasteiger partial charge is 0.248 e. The molecule has 0 spiro atoms. The van der Waals surface area contributed by atoms with Crippen LogP contribution in [-0.4, -0.2) is 89.1 Å². The maximum absolute atomic E-state index is 12.7. The summed E-state index contributed by atoms with van der Waals surface area (Å²) < 4.78 is 19.1. The lowest BCUT2D eigenvalue weighted by Crippen LogP contribution is -2.52. The Hall–Kier alpha value is -3.40. The highest BCUT2D eigenvalue weighted by Gasteiger charge is 2.37. The molecule has 0 aliphatic carbocycles. The fourth-order valence-electron chi connectivity index (χ4n) is 4.60. The van der Waals surface area contributed by atoms with Crippen molar-refractivity contribution in [3.05, 3.63) is 78.4 Å². The Kier molecular flexibility index (Phi) is 9.75. The van der Waals surface area contributed by atoms with Crippen LogP contribution in [-0.2, 0) is 22.6 Å². The molecule has 3 aromatic rings. The van der Waals surface area contributed by atoms with Crippen molar-refractivity contribution in [3.63, 3.8) is 0 Å². The molecule has 38 heavy (non-hydrogen) atoms. The molecule has 2 aromatic carbocycles. The van der Waals surface area contributed by atoms with Crippen LogP contribution >= 0.6 is 0 Å². The van der Waals surface area contributed by atoms with Crippen molar-refractivity contribution in [1.82, 2.24) is 19.4 Å². The lowest BCUT2D eigenvalue weighted by atomic mass is 10.0. The first-order valence-corrected chi connectivity index (χ1v) is 13.0. The Morgan fingerprint density at radius 3 is 2.68 bits per heavy atom. The molecule has 4 rings (SSSR count). The highest BCUT2D eigenvalue weighted by Crippen LogP contribution is 2.22. The van der Waals surface area contributed by atoms with Crippen LogP contribution in [0.1, 0.15) is 17.5 Å². The van der Waals surface area contributed by atoms with Gasteiger partial charge in [0, 0.05) is 52.2 Å². The maximum Gasteiger partial charge on any atom is 0.248 e. The quantitative estimate of drug-likeness (QED) is 0.366. The first kappa shape index (κ1) is 27.6. The lowest BCUT2D eigenvalue weighted by molar-refractivity contribution is -0.138. The molecule has 9 nitrogen and oxygen atoms in total. The number of methoxy groups -OCH3 is 1. The summed E-state index contributed by atoms with van der Waals surface area (Å²) >= 11 is 0. The van der Waals surface area contributed by atoms with Crippen molar-refractivity contribution in [3.8, 4) is 11.5 Å². The topological polar surface area (TPSA) is 89.3 Å². The first-order chi connectivity index (χ1) is 18.4. The summed E-state index contributed by atoms with van der Waals surface area (Å²) in [5.41, 5.74) is 0.972. The van der Waals surface area contributed by atoms with E-state index in [1.807, 2.05) is 60.2 Å². The van der Waals surface area contributed by atoms with Crippen molar-refractivity contribution in [2.24, 2.45) is 0 Å². The van der Waals surface area contributed by atoms with E-state index in [1.54, 1.807) is 17.4 Å². The van der Waals surface area contributed by atoms with Crippen LogP contribution < -0.4 is 9.47 Å². The summed E-state index contributed by atoms with van der Waals surface area (Å²) in [6.45, 7) is 5.82. The van der Waals surface area contributed by atoms with Crippen LogP contribution in [0.25, 0.3) is 0 Å². The standard InChI is InChI=1S/C29H38N4O5/c1-24-7-9-26(10-8-24)38-22-29(35)20-32(14-15-33(21-29)28(34)19-36-2)18-25-5-3-6-27(17-25)37-16-4-12-31-13-11-30-23-31/h3,5-11,13,17,23,35H,4,12,14-16,18-22H2,1-2H3/t29-/m0/s1. The van der Waals surface area contributed by atoms with Gasteiger partial charge in [0.1, 0.15) is 30.3 Å². The molecule has 2 heterocycles. The number of hydrogen-bond acceptors (Lipinski definition) is 7. The van der Waals surface area contributed by atoms with Gasteiger partial charge in [-0.25, -0.2) is 4.98 Å². The van der Waals surface area contributed by atoms with E-state index in [9.17, 15) is 9.90 Å². The molecule has 1 aliphatic rings. The molecular formula is C29H38N4O5. The number of aryl methyl sites for hydroxylation is 2. The third-order valence-corrected chi connectivity index (χ3v) is 6.53. The minimum Gasteiger partial charge on any atom is -0.494 e. The van der Waals surface area contributed by atoms with Gasteiger partial charge in [-0.3, -0.25) is 9.69 Å². The number of ether oxygens (including phenoxy) is 3. The number of rotatable bonds is 12. The lowest BCUT2D eigenvalue weighted by Gasteiger charge is -2.33. The van der Waals surface area contributed by atoms with Crippen LogP contribution in [0.3, 0.4) is 0 Å². The summed E-state index contributed by atoms with van der Waals surface area (Å²) in [5.74, 6) is 1.36. The van der Waals surface area contributed by atoms with Crippen molar-refractivity contribution < 1.29 is 24.1 Å². The predicted molar refractivity (Wildman–Crippen MR) is 144 cm³/mol. The SMILES string of the molecule is COCC(=O)N1CCN(Cc2cccc(OCCCn3ccnc3)c2)C[C@@](O)(COc2ccc(C)cc2)C1. The van der Waals surface area contributed by atoms with Gasteiger partial charge in [-0.05, 0) is 43.2 Å². The van der Waals surface area contributed by atoms with Gasteiger partial charge >= 0.3 is 0 Å². The molecule has 1 amide bonds. The number of benzene rings is 2. The fourth-order valence-corrected chi connectivity index (χ4v) is 4.60. The van der Waals surface area contributed by atoms with E-state index in [0.717, 1.165) is 29.8 Å². The van der Waals surface area contributed by atoms with Crippen LogP contribution in [0.4, 0.5) is 0 Å². The van der Waals surface area contributed by atoms with E-state index in [0.29, 0.717) is 38.5 Å². The van der Waals surface area contributed by atoms with Crippen molar-refractivity contribution in [2.75, 3.05) is 53.1 Å².